The van der Waals surface area contributed by atoms with Crippen LogP contribution in [0.2, 0.25) is 0 Å². The highest BCUT2D eigenvalue weighted by molar-refractivity contribution is 5.93. The monoisotopic (exact) mass is 231 g/mol. The minimum Gasteiger partial charge on any atom is -0.445 e. The van der Waals surface area contributed by atoms with Gasteiger partial charge in [0.15, 0.2) is 5.78 Å². The quantitative estimate of drug-likeness (QED) is 0.863. The largest absolute Gasteiger partial charge is 0.445 e. The molecule has 0 saturated carbocycles. The molecule has 1 aromatic rings. The second kappa shape index (κ2) is 5.30. The zero-order valence-electron chi connectivity index (χ0n) is 9.26. The van der Waals surface area contributed by atoms with Gasteiger partial charge in [-0.25, -0.2) is 4.79 Å². The number of allylic oxidation sites excluding steroid dienone is 1. The molecule has 0 heterocycles. The van der Waals surface area contributed by atoms with Crippen molar-refractivity contribution in [3.63, 3.8) is 0 Å². The number of hydrogen-bond acceptors (Lipinski definition) is 3. The number of amides is 1. The van der Waals surface area contributed by atoms with Crippen molar-refractivity contribution in [1.29, 1.82) is 0 Å². The van der Waals surface area contributed by atoms with Gasteiger partial charge in [-0.15, -0.1) is 0 Å². The van der Waals surface area contributed by atoms with Crippen LogP contribution in [0.15, 0.2) is 42.5 Å². The highest BCUT2D eigenvalue weighted by Gasteiger charge is 2.18. The van der Waals surface area contributed by atoms with Gasteiger partial charge in [-0.05, 0) is 11.6 Å². The van der Waals surface area contributed by atoms with Crippen molar-refractivity contribution < 1.29 is 14.3 Å². The number of alkyl carbamates (subject to hydrolysis) is 1. The van der Waals surface area contributed by atoms with Gasteiger partial charge >= 0.3 is 6.09 Å². The molecule has 1 aliphatic carbocycles. The van der Waals surface area contributed by atoms with Crippen LogP contribution >= 0.6 is 0 Å². The maximum absolute atomic E-state index is 11.4. The summed E-state index contributed by atoms with van der Waals surface area (Å²) in [5.41, 5.74) is 0.931. The maximum Gasteiger partial charge on any atom is 0.407 e. The summed E-state index contributed by atoms with van der Waals surface area (Å²) in [5, 5.41) is 2.61. The molecule has 1 N–H and O–H groups in total. The fraction of sp³-hybridized carbons (Fsp3) is 0.231. The summed E-state index contributed by atoms with van der Waals surface area (Å²) < 4.78 is 5.03. The van der Waals surface area contributed by atoms with Crippen LogP contribution in [-0.2, 0) is 16.1 Å². The molecule has 2 rings (SSSR count). The van der Waals surface area contributed by atoms with E-state index < -0.39 is 6.09 Å². The highest BCUT2D eigenvalue weighted by atomic mass is 16.5. The molecule has 0 spiro atoms. The molecule has 0 fully saturated rings. The minimum atomic E-state index is -0.502. The van der Waals surface area contributed by atoms with E-state index in [9.17, 15) is 9.59 Å². The number of rotatable bonds is 3. The van der Waals surface area contributed by atoms with E-state index in [2.05, 4.69) is 5.32 Å². The van der Waals surface area contributed by atoms with Gasteiger partial charge < -0.3 is 10.1 Å². The Bertz CT molecular complexity index is 439. The molecule has 4 heteroatoms. The van der Waals surface area contributed by atoms with Crippen molar-refractivity contribution in [3.8, 4) is 0 Å². The van der Waals surface area contributed by atoms with E-state index in [0.29, 0.717) is 6.42 Å². The van der Waals surface area contributed by atoms with E-state index in [0.717, 1.165) is 5.56 Å². The summed E-state index contributed by atoms with van der Waals surface area (Å²) in [6.45, 7) is 0.233. The topological polar surface area (TPSA) is 55.4 Å². The Labute approximate surface area is 99.3 Å². The van der Waals surface area contributed by atoms with E-state index in [4.69, 9.17) is 4.74 Å². The molecule has 88 valence electrons. The van der Waals surface area contributed by atoms with Crippen LogP contribution in [0, 0.1) is 0 Å². The first-order valence-corrected chi connectivity index (χ1v) is 5.42. The first kappa shape index (κ1) is 11.4. The zero-order valence-corrected chi connectivity index (χ0v) is 9.26. The zero-order chi connectivity index (χ0) is 12.1. The Hall–Kier alpha value is -2.10. The van der Waals surface area contributed by atoms with E-state index in [1.165, 1.54) is 6.08 Å². The lowest BCUT2D eigenvalue weighted by Crippen LogP contribution is -2.33. The lowest BCUT2D eigenvalue weighted by Gasteiger charge is -2.10. The van der Waals surface area contributed by atoms with Gasteiger partial charge in [0, 0.05) is 6.42 Å². The molecule has 1 unspecified atom stereocenters. The number of ketones is 1. The predicted molar refractivity (Wildman–Crippen MR) is 62.3 cm³/mol. The molecule has 1 aromatic carbocycles. The first-order valence-electron chi connectivity index (χ1n) is 5.42. The Kier molecular flexibility index (Phi) is 3.55. The van der Waals surface area contributed by atoms with E-state index in [1.54, 1.807) is 6.08 Å². The van der Waals surface area contributed by atoms with E-state index >= 15 is 0 Å². The van der Waals surface area contributed by atoms with Crippen LogP contribution in [-0.4, -0.2) is 17.9 Å². The van der Waals surface area contributed by atoms with Crippen LogP contribution in [0.25, 0.3) is 0 Å². The van der Waals surface area contributed by atoms with Crippen LogP contribution in [0.4, 0.5) is 4.79 Å². The molecule has 1 atom stereocenters. The Morgan fingerprint density at radius 3 is 2.76 bits per heavy atom. The van der Waals surface area contributed by atoms with E-state index in [-0.39, 0.29) is 18.4 Å². The summed E-state index contributed by atoms with van der Waals surface area (Å²) >= 11 is 0. The number of benzene rings is 1. The van der Waals surface area contributed by atoms with Crippen LogP contribution in [0.1, 0.15) is 12.0 Å². The van der Waals surface area contributed by atoms with Gasteiger partial charge in [-0.2, -0.15) is 0 Å². The summed E-state index contributed by atoms with van der Waals surface area (Å²) in [6, 6.07) is 9.20. The smallest absolute Gasteiger partial charge is 0.407 e. The van der Waals surface area contributed by atoms with Gasteiger partial charge in [0.25, 0.3) is 0 Å². The van der Waals surface area contributed by atoms with Crippen LogP contribution in [0.3, 0.4) is 0 Å². The number of carbonyl (C=O) groups excluding carboxylic acids is 2. The summed E-state index contributed by atoms with van der Waals surface area (Å²) in [5.74, 6) is 0.0263. The summed E-state index contributed by atoms with van der Waals surface area (Å²) in [6.07, 6.45) is 2.97. The summed E-state index contributed by atoms with van der Waals surface area (Å²) in [7, 11) is 0. The van der Waals surface area contributed by atoms with Gasteiger partial charge in [0.05, 0.1) is 6.04 Å². The normalized spacial score (nSPS) is 18.1. The minimum absolute atomic E-state index is 0.0263. The fourth-order valence-electron chi connectivity index (χ4n) is 1.59. The van der Waals surface area contributed by atoms with Gasteiger partial charge in [-0.1, -0.05) is 36.4 Å². The second-order valence-electron chi connectivity index (χ2n) is 3.84. The van der Waals surface area contributed by atoms with Crippen molar-refractivity contribution in [2.75, 3.05) is 0 Å². The molecule has 17 heavy (non-hydrogen) atoms. The standard InChI is InChI=1S/C13H13NO3/c15-12-7-6-11(8-12)14-13(16)17-9-10-4-2-1-3-5-10/h1-7,11H,8-9H2,(H,14,16). The third-order valence-electron chi connectivity index (χ3n) is 2.45. The lowest BCUT2D eigenvalue weighted by molar-refractivity contribution is -0.114. The average molecular weight is 231 g/mol. The van der Waals surface area contributed by atoms with Crippen molar-refractivity contribution >= 4 is 11.9 Å². The molecule has 0 aliphatic heterocycles. The van der Waals surface area contributed by atoms with Crippen molar-refractivity contribution in [1.82, 2.24) is 5.32 Å². The molecular formula is C13H13NO3. The lowest BCUT2D eigenvalue weighted by atomic mass is 10.2. The number of ether oxygens (including phenoxy) is 1. The van der Waals surface area contributed by atoms with Gasteiger partial charge in [-0.3, -0.25) is 4.79 Å². The number of carbonyl (C=O) groups is 2. The second-order valence-corrected chi connectivity index (χ2v) is 3.84. The number of hydrogen-bond donors (Lipinski definition) is 1. The molecule has 0 bridgehead atoms. The van der Waals surface area contributed by atoms with Gasteiger partial charge in [0.2, 0.25) is 0 Å². The van der Waals surface area contributed by atoms with Crippen molar-refractivity contribution in [2.24, 2.45) is 0 Å². The van der Waals surface area contributed by atoms with Crippen molar-refractivity contribution in [3.05, 3.63) is 48.0 Å². The Morgan fingerprint density at radius 1 is 1.35 bits per heavy atom. The molecule has 0 aromatic heterocycles. The van der Waals surface area contributed by atoms with Crippen LogP contribution in [0.5, 0.6) is 0 Å². The molecule has 1 aliphatic rings. The highest BCUT2D eigenvalue weighted by Crippen LogP contribution is 2.06. The fourth-order valence-corrected chi connectivity index (χ4v) is 1.59. The number of nitrogens with one attached hydrogen (secondary N) is 1. The maximum atomic E-state index is 11.4. The predicted octanol–water partition coefficient (Wildman–Crippen LogP) is 1.81. The SMILES string of the molecule is O=C1C=CC(NC(=O)OCc2ccccc2)C1. The molecule has 4 nitrogen and oxygen atoms in total. The molecule has 1 amide bonds. The first-order chi connectivity index (χ1) is 8.24. The third-order valence-corrected chi connectivity index (χ3v) is 2.45. The Morgan fingerprint density at radius 2 is 2.12 bits per heavy atom. The molecule has 0 saturated heterocycles. The third kappa shape index (κ3) is 3.45. The average Bonchev–Trinajstić information content (AvgIpc) is 2.73. The Balaban J connectivity index is 1.75. The van der Waals surface area contributed by atoms with Crippen LogP contribution < -0.4 is 5.32 Å². The van der Waals surface area contributed by atoms with E-state index in [1.807, 2.05) is 30.3 Å². The molecular weight excluding hydrogens is 218 g/mol. The van der Waals surface area contributed by atoms with Crippen molar-refractivity contribution in [2.45, 2.75) is 19.1 Å². The van der Waals surface area contributed by atoms with Gasteiger partial charge in [0.1, 0.15) is 6.61 Å². The molecule has 0 radical (unpaired) electrons. The summed E-state index contributed by atoms with van der Waals surface area (Å²) in [4.78, 5) is 22.3.